The zero-order valence-electron chi connectivity index (χ0n) is 13.5. The molecule has 0 atom stereocenters. The van der Waals surface area contributed by atoms with Crippen molar-refractivity contribution in [1.29, 1.82) is 0 Å². The molecule has 0 bridgehead atoms. The van der Waals surface area contributed by atoms with Crippen LogP contribution >= 0.6 is 0 Å². The summed E-state index contributed by atoms with van der Waals surface area (Å²) in [7, 11) is 4.07. The van der Waals surface area contributed by atoms with Crippen LogP contribution in [0, 0.1) is 6.92 Å². The molecule has 2 saturated carbocycles. The molecule has 21 heavy (non-hydrogen) atoms. The maximum Gasteiger partial charge on any atom is 0.131 e. The van der Waals surface area contributed by atoms with Crippen molar-refractivity contribution in [3.63, 3.8) is 0 Å². The largest absolute Gasteiger partial charge is 0.388 e. The van der Waals surface area contributed by atoms with E-state index in [9.17, 15) is 5.11 Å². The van der Waals surface area contributed by atoms with Gasteiger partial charge in [0.15, 0.2) is 0 Å². The van der Waals surface area contributed by atoms with Crippen LogP contribution in [0.25, 0.3) is 0 Å². The van der Waals surface area contributed by atoms with Gasteiger partial charge in [-0.3, -0.25) is 4.68 Å². The average Bonchev–Trinajstić information content (AvgIpc) is 3.07. The summed E-state index contributed by atoms with van der Waals surface area (Å²) in [5, 5.41) is 18.8. The molecule has 2 aliphatic rings. The highest BCUT2D eigenvalue weighted by atomic mass is 16.3. The molecule has 0 saturated heterocycles. The molecule has 0 radical (unpaired) electrons. The molecule has 2 fully saturated rings. The lowest BCUT2D eigenvalue weighted by Gasteiger charge is -2.30. The van der Waals surface area contributed by atoms with Gasteiger partial charge in [-0.05, 0) is 32.6 Å². The van der Waals surface area contributed by atoms with Gasteiger partial charge in [-0.15, -0.1) is 0 Å². The van der Waals surface area contributed by atoms with E-state index in [4.69, 9.17) is 0 Å². The predicted octanol–water partition coefficient (Wildman–Crippen LogP) is 1.72. The minimum atomic E-state index is -0.520. The Hall–Kier alpha value is -1.07. The molecule has 3 rings (SSSR count). The fourth-order valence-corrected chi connectivity index (χ4v) is 3.62. The highest BCUT2D eigenvalue weighted by Crippen LogP contribution is 2.32. The molecular formula is C16H28N4O. The summed E-state index contributed by atoms with van der Waals surface area (Å²) in [4.78, 5) is 2.19. The van der Waals surface area contributed by atoms with Crippen LogP contribution in [0.5, 0.6) is 0 Å². The smallest absolute Gasteiger partial charge is 0.131 e. The number of nitrogens with zero attached hydrogens (tertiary/aromatic N) is 3. The van der Waals surface area contributed by atoms with Crippen LogP contribution in [0.1, 0.15) is 49.8 Å². The highest BCUT2D eigenvalue weighted by Gasteiger charge is 2.33. The fourth-order valence-electron chi connectivity index (χ4n) is 3.62. The van der Waals surface area contributed by atoms with E-state index in [-0.39, 0.29) is 0 Å². The first kappa shape index (κ1) is 14.9. The van der Waals surface area contributed by atoms with Crippen molar-refractivity contribution in [2.24, 2.45) is 7.05 Å². The van der Waals surface area contributed by atoms with E-state index in [2.05, 4.69) is 29.3 Å². The van der Waals surface area contributed by atoms with Crippen molar-refractivity contribution in [3.05, 3.63) is 11.3 Å². The Morgan fingerprint density at radius 3 is 2.67 bits per heavy atom. The molecule has 0 aliphatic heterocycles. The lowest BCUT2D eigenvalue weighted by Crippen LogP contribution is -2.40. The first-order chi connectivity index (χ1) is 9.98. The SMILES string of the molecule is Cc1nn(C)c(N(C)CC2(O)CCCC2)c1CNC1CC1. The quantitative estimate of drug-likeness (QED) is 0.838. The Kier molecular flexibility index (Phi) is 3.97. The van der Waals surface area contributed by atoms with E-state index in [1.54, 1.807) is 0 Å². The molecule has 0 unspecified atom stereocenters. The summed E-state index contributed by atoms with van der Waals surface area (Å²) in [5.74, 6) is 1.14. The maximum absolute atomic E-state index is 10.7. The molecule has 5 nitrogen and oxygen atoms in total. The van der Waals surface area contributed by atoms with Crippen LogP contribution in [0.15, 0.2) is 0 Å². The second-order valence-corrected chi connectivity index (χ2v) is 6.95. The molecule has 1 aromatic heterocycles. The monoisotopic (exact) mass is 292 g/mol. The summed E-state index contributed by atoms with van der Waals surface area (Å²) in [6, 6.07) is 0.696. The van der Waals surface area contributed by atoms with Gasteiger partial charge >= 0.3 is 0 Å². The Labute approximate surface area is 127 Å². The zero-order chi connectivity index (χ0) is 15.0. The summed E-state index contributed by atoms with van der Waals surface area (Å²) < 4.78 is 1.96. The first-order valence-electron chi connectivity index (χ1n) is 8.18. The van der Waals surface area contributed by atoms with Crippen molar-refractivity contribution in [2.45, 2.75) is 63.6 Å². The number of aliphatic hydroxyl groups is 1. The van der Waals surface area contributed by atoms with E-state index < -0.39 is 5.60 Å². The van der Waals surface area contributed by atoms with Gasteiger partial charge in [0.1, 0.15) is 5.82 Å². The second kappa shape index (κ2) is 5.61. The number of nitrogens with one attached hydrogen (secondary N) is 1. The van der Waals surface area contributed by atoms with Gasteiger partial charge in [-0.1, -0.05) is 12.8 Å². The van der Waals surface area contributed by atoms with E-state index in [0.29, 0.717) is 12.6 Å². The van der Waals surface area contributed by atoms with Gasteiger partial charge in [0.05, 0.1) is 11.3 Å². The third-order valence-electron chi connectivity index (χ3n) is 4.89. The fraction of sp³-hybridized carbons (Fsp3) is 0.812. The van der Waals surface area contributed by atoms with Crippen LogP contribution in [0.3, 0.4) is 0 Å². The first-order valence-corrected chi connectivity index (χ1v) is 8.18. The van der Waals surface area contributed by atoms with Crippen LogP contribution in [0.4, 0.5) is 5.82 Å². The van der Waals surface area contributed by atoms with Crippen molar-refractivity contribution in [1.82, 2.24) is 15.1 Å². The molecule has 0 amide bonds. The molecule has 1 aromatic rings. The van der Waals surface area contributed by atoms with E-state index >= 15 is 0 Å². The number of hydrogen-bond donors (Lipinski definition) is 2. The van der Waals surface area contributed by atoms with Crippen molar-refractivity contribution >= 4 is 5.82 Å². The molecule has 0 spiro atoms. The van der Waals surface area contributed by atoms with E-state index in [0.717, 1.165) is 43.7 Å². The molecule has 1 heterocycles. The van der Waals surface area contributed by atoms with Crippen LogP contribution in [-0.4, -0.2) is 40.1 Å². The Balaban J connectivity index is 1.75. The summed E-state index contributed by atoms with van der Waals surface area (Å²) in [6.07, 6.45) is 6.72. The molecule has 0 aromatic carbocycles. The number of hydrogen-bond acceptors (Lipinski definition) is 4. The maximum atomic E-state index is 10.7. The second-order valence-electron chi connectivity index (χ2n) is 6.95. The summed E-state index contributed by atoms with van der Waals surface area (Å²) in [6.45, 7) is 3.65. The van der Waals surface area contributed by atoms with Gasteiger partial charge in [-0.2, -0.15) is 5.10 Å². The zero-order valence-corrected chi connectivity index (χ0v) is 13.5. The molecule has 118 valence electrons. The van der Waals surface area contributed by atoms with Crippen LogP contribution in [0.2, 0.25) is 0 Å². The van der Waals surface area contributed by atoms with Crippen molar-refractivity contribution < 1.29 is 5.11 Å². The van der Waals surface area contributed by atoms with Gasteiger partial charge in [0.25, 0.3) is 0 Å². The Bertz CT molecular complexity index is 501. The predicted molar refractivity (Wildman–Crippen MR) is 84.5 cm³/mol. The normalized spacial score (nSPS) is 21.0. The number of aromatic nitrogens is 2. The van der Waals surface area contributed by atoms with E-state index in [1.165, 1.54) is 18.4 Å². The van der Waals surface area contributed by atoms with Gasteiger partial charge in [0.2, 0.25) is 0 Å². The Morgan fingerprint density at radius 2 is 2.05 bits per heavy atom. The van der Waals surface area contributed by atoms with Gasteiger partial charge in [0, 0.05) is 38.8 Å². The van der Waals surface area contributed by atoms with Crippen molar-refractivity contribution in [2.75, 3.05) is 18.5 Å². The minimum absolute atomic E-state index is 0.520. The van der Waals surface area contributed by atoms with E-state index in [1.807, 2.05) is 11.7 Å². The highest BCUT2D eigenvalue weighted by molar-refractivity contribution is 5.50. The molecule has 2 N–H and O–H groups in total. The summed E-state index contributed by atoms with van der Waals surface area (Å²) >= 11 is 0. The Morgan fingerprint density at radius 1 is 1.38 bits per heavy atom. The lowest BCUT2D eigenvalue weighted by atomic mass is 10.0. The number of aryl methyl sites for hydroxylation is 2. The van der Waals surface area contributed by atoms with Gasteiger partial charge in [-0.25, -0.2) is 0 Å². The molecular weight excluding hydrogens is 264 g/mol. The van der Waals surface area contributed by atoms with Crippen LogP contribution < -0.4 is 10.2 Å². The topological polar surface area (TPSA) is 53.3 Å². The molecule has 5 heteroatoms. The van der Waals surface area contributed by atoms with Crippen LogP contribution in [-0.2, 0) is 13.6 Å². The number of anilines is 1. The lowest BCUT2D eigenvalue weighted by molar-refractivity contribution is 0.0556. The number of rotatable bonds is 6. The van der Waals surface area contributed by atoms with Gasteiger partial charge < -0.3 is 15.3 Å². The van der Waals surface area contributed by atoms with Crippen molar-refractivity contribution in [3.8, 4) is 0 Å². The third kappa shape index (κ3) is 3.24. The third-order valence-corrected chi connectivity index (χ3v) is 4.89. The molecule has 2 aliphatic carbocycles. The average molecular weight is 292 g/mol. The minimum Gasteiger partial charge on any atom is -0.388 e. The standard InChI is InChI=1S/C16H28N4O/c1-12-14(10-17-13-6-7-13)15(20(3)18-12)19(2)11-16(21)8-4-5-9-16/h13,17,21H,4-11H2,1-3H3. The number of likely N-dealkylation sites (N-methyl/N-ethyl adjacent to an activating group) is 1. The summed E-state index contributed by atoms with van der Waals surface area (Å²) in [5.41, 5.74) is 1.84.